The number of carbonyl (C=O) groups excluding carboxylic acids is 1. The zero-order valence-corrected chi connectivity index (χ0v) is 17.3. The van der Waals surface area contributed by atoms with Crippen molar-refractivity contribution in [3.05, 3.63) is 86.8 Å². The van der Waals surface area contributed by atoms with Crippen LogP contribution in [0.1, 0.15) is 21.7 Å². The van der Waals surface area contributed by atoms with Crippen LogP contribution in [0.2, 0.25) is 5.02 Å². The quantitative estimate of drug-likeness (QED) is 0.621. The van der Waals surface area contributed by atoms with E-state index in [1.165, 1.54) is 15.6 Å². The highest BCUT2D eigenvalue weighted by Crippen LogP contribution is 2.20. The van der Waals surface area contributed by atoms with Crippen molar-refractivity contribution in [1.29, 1.82) is 0 Å². The molecule has 29 heavy (non-hydrogen) atoms. The number of hydrogen-bond acceptors (Lipinski definition) is 4. The summed E-state index contributed by atoms with van der Waals surface area (Å²) in [5.74, 6) is 0.259. The molecule has 0 saturated carbocycles. The summed E-state index contributed by atoms with van der Waals surface area (Å²) in [4.78, 5) is 26.6. The minimum atomic E-state index is -0.469. The van der Waals surface area contributed by atoms with Crippen LogP contribution in [-0.4, -0.2) is 40.8 Å². The molecule has 7 heteroatoms. The summed E-state index contributed by atoms with van der Waals surface area (Å²) in [6.07, 6.45) is 0. The molecule has 0 aliphatic heterocycles. The second kappa shape index (κ2) is 8.92. The van der Waals surface area contributed by atoms with Gasteiger partial charge in [-0.15, -0.1) is 0 Å². The monoisotopic (exact) mass is 411 g/mol. The van der Waals surface area contributed by atoms with Crippen molar-refractivity contribution < 1.29 is 9.53 Å². The molecule has 0 fully saturated rings. The molecular formula is C22H22ClN3O3. The first kappa shape index (κ1) is 20.6. The van der Waals surface area contributed by atoms with Gasteiger partial charge in [0.05, 0.1) is 17.3 Å². The first-order valence-electron chi connectivity index (χ1n) is 9.17. The molecule has 0 radical (unpaired) electrons. The Labute approximate surface area is 174 Å². The second-order valence-corrected chi connectivity index (χ2v) is 7.16. The first-order valence-corrected chi connectivity index (χ1v) is 9.55. The van der Waals surface area contributed by atoms with Gasteiger partial charge in [0.2, 0.25) is 5.43 Å². The highest BCUT2D eigenvalue weighted by Gasteiger charge is 2.19. The summed E-state index contributed by atoms with van der Waals surface area (Å²) in [7, 11) is 1.61. The molecule has 0 bridgehead atoms. The molecule has 1 heterocycles. The number of aryl methyl sites for hydroxylation is 2. The van der Waals surface area contributed by atoms with E-state index in [0.29, 0.717) is 29.6 Å². The topological polar surface area (TPSA) is 64.4 Å². The molecule has 3 rings (SSSR count). The van der Waals surface area contributed by atoms with E-state index in [4.69, 9.17) is 16.3 Å². The highest BCUT2D eigenvalue weighted by molar-refractivity contribution is 6.32. The zero-order chi connectivity index (χ0) is 21.0. The van der Waals surface area contributed by atoms with Gasteiger partial charge in [-0.3, -0.25) is 9.59 Å². The Hall–Kier alpha value is -3.12. The van der Waals surface area contributed by atoms with Crippen molar-refractivity contribution in [2.75, 3.05) is 20.2 Å². The minimum Gasteiger partial charge on any atom is -0.492 e. The second-order valence-electron chi connectivity index (χ2n) is 6.75. The fourth-order valence-corrected chi connectivity index (χ4v) is 3.00. The number of amides is 1. The molecule has 0 aliphatic carbocycles. The molecule has 0 spiro atoms. The van der Waals surface area contributed by atoms with Gasteiger partial charge >= 0.3 is 0 Å². The Morgan fingerprint density at radius 1 is 1.14 bits per heavy atom. The van der Waals surface area contributed by atoms with Gasteiger partial charge in [0.1, 0.15) is 12.4 Å². The summed E-state index contributed by atoms with van der Waals surface area (Å²) in [6.45, 7) is 4.36. The SMILES string of the molecule is Cc1ccc(OCCN(C)C(=O)c2nn(-c3ccccc3Cl)c(C)cc2=O)cc1. The zero-order valence-electron chi connectivity index (χ0n) is 16.6. The average molecular weight is 412 g/mol. The number of nitrogens with zero attached hydrogens (tertiary/aromatic N) is 3. The Bertz CT molecular complexity index is 1080. The van der Waals surface area contributed by atoms with Crippen molar-refractivity contribution in [1.82, 2.24) is 14.7 Å². The molecule has 0 unspecified atom stereocenters. The number of hydrogen-bond donors (Lipinski definition) is 0. The normalized spacial score (nSPS) is 10.6. The Morgan fingerprint density at radius 2 is 1.83 bits per heavy atom. The number of halogens is 1. The largest absolute Gasteiger partial charge is 0.492 e. The predicted octanol–water partition coefficient (Wildman–Crippen LogP) is 3.65. The molecule has 0 aliphatic rings. The summed E-state index contributed by atoms with van der Waals surface area (Å²) in [6, 6.07) is 16.2. The van der Waals surface area contributed by atoms with E-state index in [1.54, 1.807) is 32.2 Å². The van der Waals surface area contributed by atoms with Crippen LogP contribution in [0.25, 0.3) is 5.69 Å². The summed E-state index contributed by atoms with van der Waals surface area (Å²) in [5, 5.41) is 4.76. The van der Waals surface area contributed by atoms with Crippen LogP contribution < -0.4 is 10.2 Å². The van der Waals surface area contributed by atoms with Crippen LogP contribution in [0.4, 0.5) is 0 Å². The smallest absolute Gasteiger partial charge is 0.278 e. The van der Waals surface area contributed by atoms with Crippen LogP contribution in [0.3, 0.4) is 0 Å². The van der Waals surface area contributed by atoms with Crippen molar-refractivity contribution in [3.63, 3.8) is 0 Å². The van der Waals surface area contributed by atoms with E-state index in [9.17, 15) is 9.59 Å². The number of rotatable bonds is 6. The molecule has 0 N–H and O–H groups in total. The number of carbonyl (C=O) groups is 1. The third-order valence-electron chi connectivity index (χ3n) is 4.45. The summed E-state index contributed by atoms with van der Waals surface area (Å²) >= 11 is 6.25. The first-order chi connectivity index (χ1) is 13.9. The number of likely N-dealkylation sites (N-methyl/N-ethyl adjacent to an activating group) is 1. The maximum atomic E-state index is 12.8. The van der Waals surface area contributed by atoms with E-state index in [-0.39, 0.29) is 5.69 Å². The van der Waals surface area contributed by atoms with Crippen LogP contribution in [0.5, 0.6) is 5.75 Å². The van der Waals surface area contributed by atoms with Gasteiger partial charge in [-0.25, -0.2) is 4.68 Å². The number of para-hydroxylation sites is 1. The number of aromatic nitrogens is 2. The fraction of sp³-hybridized carbons (Fsp3) is 0.227. The van der Waals surface area contributed by atoms with Gasteiger partial charge in [0.15, 0.2) is 5.69 Å². The fourth-order valence-electron chi connectivity index (χ4n) is 2.78. The molecule has 150 valence electrons. The maximum absolute atomic E-state index is 12.8. The molecule has 3 aromatic rings. The summed E-state index contributed by atoms with van der Waals surface area (Å²) < 4.78 is 7.17. The van der Waals surface area contributed by atoms with Gasteiger partial charge < -0.3 is 9.64 Å². The highest BCUT2D eigenvalue weighted by atomic mass is 35.5. The molecule has 0 saturated heterocycles. The van der Waals surface area contributed by atoms with E-state index in [1.807, 2.05) is 37.3 Å². The Balaban J connectivity index is 1.76. The lowest BCUT2D eigenvalue weighted by molar-refractivity contribution is 0.0764. The lowest BCUT2D eigenvalue weighted by Gasteiger charge is -2.18. The molecular weight excluding hydrogens is 390 g/mol. The molecule has 1 aromatic heterocycles. The van der Waals surface area contributed by atoms with Crippen molar-refractivity contribution in [2.45, 2.75) is 13.8 Å². The Kier molecular flexibility index (Phi) is 6.34. The third-order valence-corrected chi connectivity index (χ3v) is 4.77. The maximum Gasteiger partial charge on any atom is 0.278 e. The number of benzene rings is 2. The lowest BCUT2D eigenvalue weighted by atomic mass is 10.2. The average Bonchev–Trinajstić information content (AvgIpc) is 2.70. The molecule has 2 aromatic carbocycles. The van der Waals surface area contributed by atoms with Crippen molar-refractivity contribution in [2.24, 2.45) is 0 Å². The van der Waals surface area contributed by atoms with Crippen LogP contribution in [0, 0.1) is 13.8 Å². The van der Waals surface area contributed by atoms with Crippen LogP contribution in [-0.2, 0) is 0 Å². The van der Waals surface area contributed by atoms with Gasteiger partial charge in [-0.05, 0) is 38.1 Å². The van der Waals surface area contributed by atoms with E-state index in [0.717, 1.165) is 11.3 Å². The van der Waals surface area contributed by atoms with E-state index < -0.39 is 11.3 Å². The van der Waals surface area contributed by atoms with E-state index >= 15 is 0 Å². The third kappa shape index (κ3) is 4.84. The standard InChI is InChI=1S/C22H22ClN3O3/c1-15-8-10-17(11-9-15)29-13-12-25(3)22(28)21-20(27)14-16(2)26(24-21)19-7-5-4-6-18(19)23/h4-11,14H,12-13H2,1-3H3. The Morgan fingerprint density at radius 3 is 2.52 bits per heavy atom. The predicted molar refractivity (Wildman–Crippen MR) is 113 cm³/mol. The van der Waals surface area contributed by atoms with Crippen molar-refractivity contribution >= 4 is 17.5 Å². The minimum absolute atomic E-state index is 0.159. The van der Waals surface area contributed by atoms with Gasteiger partial charge in [0.25, 0.3) is 5.91 Å². The summed E-state index contributed by atoms with van der Waals surface area (Å²) in [5.41, 5.74) is 1.75. The molecule has 0 atom stereocenters. The van der Waals surface area contributed by atoms with Crippen LogP contribution >= 0.6 is 11.6 Å². The van der Waals surface area contributed by atoms with Gasteiger partial charge in [-0.2, -0.15) is 5.10 Å². The van der Waals surface area contributed by atoms with Crippen molar-refractivity contribution in [3.8, 4) is 11.4 Å². The van der Waals surface area contributed by atoms with Crippen LogP contribution in [0.15, 0.2) is 59.4 Å². The molecule has 6 nitrogen and oxygen atoms in total. The molecule has 1 amide bonds. The van der Waals surface area contributed by atoms with Gasteiger partial charge in [-0.1, -0.05) is 41.4 Å². The van der Waals surface area contributed by atoms with E-state index in [2.05, 4.69) is 5.10 Å². The van der Waals surface area contributed by atoms with Gasteiger partial charge in [0, 0.05) is 18.8 Å². The number of ether oxygens (including phenoxy) is 1. The lowest BCUT2D eigenvalue weighted by Crippen LogP contribution is -2.36.